The summed E-state index contributed by atoms with van der Waals surface area (Å²) in [5, 5.41) is 8.94. The van der Waals surface area contributed by atoms with Gasteiger partial charge in [-0.05, 0) is 69.5 Å². The molecule has 0 aliphatic heterocycles. The first-order valence-corrected chi connectivity index (χ1v) is 17.6. The molecule has 8 nitrogen and oxygen atoms in total. The summed E-state index contributed by atoms with van der Waals surface area (Å²) in [4.78, 5) is 39.1. The highest BCUT2D eigenvalue weighted by molar-refractivity contribution is 6.74. The van der Waals surface area contributed by atoms with Crippen molar-refractivity contribution in [2.75, 3.05) is 6.54 Å². The van der Waals surface area contributed by atoms with Crippen molar-refractivity contribution >= 4 is 26.2 Å². The second-order valence-electron chi connectivity index (χ2n) is 14.8. The molecule has 0 radical (unpaired) electrons. The van der Waals surface area contributed by atoms with Gasteiger partial charge in [0.05, 0.1) is 12.1 Å². The highest BCUT2D eigenvalue weighted by Gasteiger charge is 2.42. The van der Waals surface area contributed by atoms with Crippen LogP contribution < -0.4 is 16.0 Å². The van der Waals surface area contributed by atoms with Crippen LogP contribution in [0.5, 0.6) is 0 Å². The Balaban J connectivity index is 6.04. The molecule has 0 saturated heterocycles. The molecule has 39 heavy (non-hydrogen) atoms. The van der Waals surface area contributed by atoms with Gasteiger partial charge in [0.1, 0.15) is 11.6 Å². The maximum atomic E-state index is 13.4. The summed E-state index contributed by atoms with van der Waals surface area (Å²) in [5.74, 6) is -0.255. The lowest BCUT2D eigenvalue weighted by Gasteiger charge is -2.42. The topological polar surface area (TPSA) is 106 Å². The van der Waals surface area contributed by atoms with Crippen LogP contribution in [0.2, 0.25) is 18.1 Å². The molecule has 3 N–H and O–H groups in total. The number of rotatable bonds is 14. The summed E-state index contributed by atoms with van der Waals surface area (Å²) in [6, 6.07) is -0.954. The molecule has 0 aromatic rings. The lowest BCUT2D eigenvalue weighted by molar-refractivity contribution is -0.132. The van der Waals surface area contributed by atoms with Gasteiger partial charge in [0.2, 0.25) is 11.8 Å². The van der Waals surface area contributed by atoms with E-state index in [1.54, 1.807) is 0 Å². The van der Waals surface area contributed by atoms with Crippen LogP contribution in [-0.4, -0.2) is 56.6 Å². The van der Waals surface area contributed by atoms with Crippen molar-refractivity contribution in [3.8, 4) is 0 Å². The summed E-state index contributed by atoms with van der Waals surface area (Å²) in [6.45, 7) is 30.9. The number of hydrogen-bond donors (Lipinski definition) is 3. The summed E-state index contributed by atoms with van der Waals surface area (Å²) in [5.41, 5.74) is -0.628. The third kappa shape index (κ3) is 14.5. The van der Waals surface area contributed by atoms with Gasteiger partial charge < -0.3 is 25.1 Å². The predicted molar refractivity (Wildman–Crippen MR) is 163 cm³/mol. The fourth-order valence-electron chi connectivity index (χ4n) is 3.82. The zero-order valence-corrected chi connectivity index (χ0v) is 28.7. The molecule has 0 aromatic heterocycles. The third-order valence-corrected chi connectivity index (χ3v) is 11.6. The van der Waals surface area contributed by atoms with E-state index in [1.807, 2.05) is 55.4 Å². The van der Waals surface area contributed by atoms with Gasteiger partial charge in [0.15, 0.2) is 8.32 Å². The highest BCUT2D eigenvalue weighted by Crippen LogP contribution is 2.39. The zero-order valence-electron chi connectivity index (χ0n) is 27.7. The molecule has 4 atom stereocenters. The SMILES string of the molecule is CC(C)CNC(=O)C(NC(=O)[C@H](C)C[C@H](O[Si](C)(C)C(C)(C)C)[C@H](CC(C)C)NC(=O)OC(C)(C)C)C(C)C. The smallest absolute Gasteiger partial charge is 0.407 e. The van der Waals surface area contributed by atoms with Crippen LogP contribution in [-0.2, 0) is 18.8 Å². The molecule has 0 rings (SSSR count). The Kier molecular flexibility index (Phi) is 14.8. The van der Waals surface area contributed by atoms with E-state index in [9.17, 15) is 14.4 Å². The van der Waals surface area contributed by atoms with Gasteiger partial charge in [-0.1, -0.05) is 69.2 Å². The van der Waals surface area contributed by atoms with Gasteiger partial charge in [-0.25, -0.2) is 4.79 Å². The molecule has 9 heteroatoms. The maximum Gasteiger partial charge on any atom is 0.407 e. The van der Waals surface area contributed by atoms with Gasteiger partial charge in [0, 0.05) is 12.5 Å². The molecule has 0 spiro atoms. The molecular formula is C30H61N3O5Si. The molecule has 1 unspecified atom stereocenters. The van der Waals surface area contributed by atoms with Gasteiger partial charge >= 0.3 is 6.09 Å². The van der Waals surface area contributed by atoms with E-state index in [4.69, 9.17) is 9.16 Å². The minimum absolute atomic E-state index is 0.0533. The van der Waals surface area contributed by atoms with Crippen molar-refractivity contribution in [1.82, 2.24) is 16.0 Å². The number of ether oxygens (including phenoxy) is 1. The van der Waals surface area contributed by atoms with Crippen molar-refractivity contribution in [3.63, 3.8) is 0 Å². The number of nitrogens with one attached hydrogen (secondary N) is 3. The first kappa shape index (κ1) is 37.4. The van der Waals surface area contributed by atoms with E-state index in [-0.39, 0.29) is 34.7 Å². The van der Waals surface area contributed by atoms with E-state index in [0.717, 1.165) is 0 Å². The molecule has 0 heterocycles. The van der Waals surface area contributed by atoms with Crippen LogP contribution in [0.1, 0.15) is 103 Å². The molecule has 0 fully saturated rings. The molecule has 0 aliphatic rings. The van der Waals surface area contributed by atoms with Crippen molar-refractivity contribution < 1.29 is 23.5 Å². The fourth-order valence-corrected chi connectivity index (χ4v) is 5.19. The Morgan fingerprint density at radius 3 is 1.72 bits per heavy atom. The van der Waals surface area contributed by atoms with Gasteiger partial charge in [-0.3, -0.25) is 9.59 Å². The third-order valence-electron chi connectivity index (χ3n) is 7.09. The Morgan fingerprint density at radius 1 is 0.769 bits per heavy atom. The fraction of sp³-hybridized carbons (Fsp3) is 0.900. The Hall–Kier alpha value is -1.61. The Labute approximate surface area is 240 Å². The van der Waals surface area contributed by atoms with Gasteiger partial charge in [-0.2, -0.15) is 0 Å². The summed E-state index contributed by atoms with van der Waals surface area (Å²) in [6.07, 6.45) is 0.202. The van der Waals surface area contributed by atoms with Crippen LogP contribution in [0, 0.1) is 23.7 Å². The van der Waals surface area contributed by atoms with Crippen LogP contribution in [0.4, 0.5) is 4.79 Å². The normalized spacial score (nSPS) is 16.1. The largest absolute Gasteiger partial charge is 0.444 e. The lowest BCUT2D eigenvalue weighted by atomic mass is 9.92. The first-order valence-electron chi connectivity index (χ1n) is 14.7. The number of alkyl carbamates (subject to hydrolysis) is 1. The number of amides is 3. The van der Waals surface area contributed by atoms with Gasteiger partial charge in [0.25, 0.3) is 0 Å². The Morgan fingerprint density at radius 2 is 1.31 bits per heavy atom. The first-order chi connectivity index (χ1) is 17.5. The van der Waals surface area contributed by atoms with Crippen molar-refractivity contribution in [2.45, 2.75) is 145 Å². The average Bonchev–Trinajstić information content (AvgIpc) is 2.71. The van der Waals surface area contributed by atoms with Crippen LogP contribution in [0.15, 0.2) is 0 Å². The standard InChI is InChI=1S/C30H61N3O5Si/c1-19(2)16-23(32-28(36)37-29(8,9)10)24(38-39(14,15)30(11,12)13)17-22(7)26(34)33-25(21(5)6)27(35)31-18-20(3)4/h19-25H,16-18H2,1-15H3,(H,31,35)(H,32,36)(H,33,34)/t22-,23+,24+,25?/m1/s1. The number of hydrogen-bond acceptors (Lipinski definition) is 5. The monoisotopic (exact) mass is 571 g/mol. The summed E-state index contributed by atoms with van der Waals surface area (Å²) < 4.78 is 12.5. The van der Waals surface area contributed by atoms with E-state index < -0.39 is 38.1 Å². The maximum absolute atomic E-state index is 13.4. The molecule has 0 saturated carbocycles. The molecule has 0 aromatic carbocycles. The number of carbonyl (C=O) groups excluding carboxylic acids is 3. The predicted octanol–water partition coefficient (Wildman–Crippen LogP) is 6.26. The number of carbonyl (C=O) groups is 3. The van der Waals surface area contributed by atoms with Gasteiger partial charge in [-0.15, -0.1) is 0 Å². The van der Waals surface area contributed by atoms with Crippen LogP contribution in [0.3, 0.4) is 0 Å². The van der Waals surface area contributed by atoms with E-state index >= 15 is 0 Å². The molecule has 0 aliphatic carbocycles. The Bertz CT molecular complexity index is 784. The second kappa shape index (κ2) is 15.4. The van der Waals surface area contributed by atoms with Crippen molar-refractivity contribution in [2.24, 2.45) is 23.7 Å². The van der Waals surface area contributed by atoms with Crippen molar-refractivity contribution in [3.05, 3.63) is 0 Å². The average molecular weight is 572 g/mol. The summed E-state index contributed by atoms with van der Waals surface area (Å²) >= 11 is 0. The summed E-state index contributed by atoms with van der Waals surface area (Å²) in [7, 11) is -2.26. The molecule has 0 bridgehead atoms. The lowest BCUT2D eigenvalue weighted by Crippen LogP contribution is -2.55. The van der Waals surface area contributed by atoms with Crippen molar-refractivity contribution in [1.29, 1.82) is 0 Å². The highest BCUT2D eigenvalue weighted by atomic mass is 28.4. The minimum Gasteiger partial charge on any atom is -0.444 e. The molecular weight excluding hydrogens is 510 g/mol. The molecule has 230 valence electrons. The molecule has 3 amide bonds. The minimum atomic E-state index is -2.26. The quantitative estimate of drug-likeness (QED) is 0.214. The van der Waals surface area contributed by atoms with Crippen LogP contribution in [0.25, 0.3) is 0 Å². The van der Waals surface area contributed by atoms with E-state index in [2.05, 4.69) is 63.7 Å². The van der Waals surface area contributed by atoms with Crippen LogP contribution >= 0.6 is 0 Å². The van der Waals surface area contributed by atoms with E-state index in [0.29, 0.717) is 25.3 Å². The zero-order chi connectivity index (χ0) is 30.9. The van der Waals surface area contributed by atoms with E-state index in [1.165, 1.54) is 0 Å². The second-order valence-corrected chi connectivity index (χ2v) is 19.6.